The number of rotatable bonds is 7. The zero-order chi connectivity index (χ0) is 13.5. The van der Waals surface area contributed by atoms with Crippen molar-refractivity contribution in [1.29, 1.82) is 0 Å². The molecular weight excluding hydrogens is 232 g/mol. The number of benzene rings is 1. The summed E-state index contributed by atoms with van der Waals surface area (Å²) in [6.45, 7) is 4.40. The molecule has 0 spiro atoms. The summed E-state index contributed by atoms with van der Waals surface area (Å²) in [4.78, 5) is 2.60. The zero-order valence-corrected chi connectivity index (χ0v) is 12.4. The van der Waals surface area contributed by atoms with Gasteiger partial charge in [-0.15, -0.1) is 0 Å². The zero-order valence-electron chi connectivity index (χ0n) is 12.4. The maximum Gasteiger partial charge on any atom is 0.0472 e. The van der Waals surface area contributed by atoms with Crippen molar-refractivity contribution in [3.8, 4) is 0 Å². The monoisotopic (exact) mass is 260 g/mol. The summed E-state index contributed by atoms with van der Waals surface area (Å²) in [5.74, 6) is 0. The van der Waals surface area contributed by atoms with Crippen molar-refractivity contribution < 1.29 is 0 Å². The minimum Gasteiger partial charge on any atom is -0.315 e. The van der Waals surface area contributed by atoms with E-state index in [1.54, 1.807) is 0 Å². The molecule has 1 N–H and O–H groups in total. The molecule has 1 atom stereocenters. The SMILES string of the molecule is CCCNCC(c1ccccc1)N(C)C1CCCC1. The summed E-state index contributed by atoms with van der Waals surface area (Å²) in [5.41, 5.74) is 1.44. The van der Waals surface area contributed by atoms with Crippen LogP contribution in [0.4, 0.5) is 0 Å². The Labute approximate surface area is 118 Å². The Bertz CT molecular complexity index is 344. The van der Waals surface area contributed by atoms with Gasteiger partial charge in [-0.25, -0.2) is 0 Å². The Balaban J connectivity index is 2.04. The van der Waals surface area contributed by atoms with Crippen LogP contribution >= 0.6 is 0 Å². The summed E-state index contributed by atoms with van der Waals surface area (Å²) in [6, 6.07) is 12.2. The van der Waals surface area contributed by atoms with Crippen LogP contribution in [-0.2, 0) is 0 Å². The second kappa shape index (κ2) is 7.66. The van der Waals surface area contributed by atoms with Crippen molar-refractivity contribution in [3.05, 3.63) is 35.9 Å². The molecule has 1 aliphatic carbocycles. The lowest BCUT2D eigenvalue weighted by Crippen LogP contribution is -2.39. The van der Waals surface area contributed by atoms with E-state index in [1.807, 2.05) is 0 Å². The fourth-order valence-electron chi connectivity index (χ4n) is 3.15. The molecule has 2 rings (SSSR count). The molecule has 0 heterocycles. The fraction of sp³-hybridized carbons (Fsp3) is 0.647. The lowest BCUT2D eigenvalue weighted by molar-refractivity contribution is 0.172. The van der Waals surface area contributed by atoms with E-state index >= 15 is 0 Å². The Morgan fingerprint density at radius 2 is 1.89 bits per heavy atom. The largest absolute Gasteiger partial charge is 0.315 e. The Kier molecular flexibility index (Phi) is 5.87. The molecule has 19 heavy (non-hydrogen) atoms. The van der Waals surface area contributed by atoms with Gasteiger partial charge in [0.05, 0.1) is 0 Å². The highest BCUT2D eigenvalue weighted by Crippen LogP contribution is 2.29. The molecule has 0 radical (unpaired) electrons. The first-order chi connectivity index (χ1) is 9.33. The molecule has 0 amide bonds. The first kappa shape index (κ1) is 14.5. The van der Waals surface area contributed by atoms with E-state index < -0.39 is 0 Å². The lowest BCUT2D eigenvalue weighted by atomic mass is 10.0. The van der Waals surface area contributed by atoms with Gasteiger partial charge in [-0.3, -0.25) is 4.90 Å². The van der Waals surface area contributed by atoms with Gasteiger partial charge in [0.15, 0.2) is 0 Å². The molecule has 1 saturated carbocycles. The van der Waals surface area contributed by atoms with Crippen LogP contribution in [0.3, 0.4) is 0 Å². The van der Waals surface area contributed by atoms with E-state index in [9.17, 15) is 0 Å². The number of hydrogen-bond acceptors (Lipinski definition) is 2. The van der Waals surface area contributed by atoms with Crippen molar-refractivity contribution in [3.63, 3.8) is 0 Å². The van der Waals surface area contributed by atoms with Crippen LogP contribution in [0.15, 0.2) is 30.3 Å². The normalized spacial score (nSPS) is 18.1. The van der Waals surface area contributed by atoms with Crippen LogP contribution in [0.5, 0.6) is 0 Å². The van der Waals surface area contributed by atoms with Gasteiger partial charge in [-0.1, -0.05) is 50.1 Å². The minimum absolute atomic E-state index is 0.510. The molecular formula is C17H28N2. The second-order valence-electron chi connectivity index (χ2n) is 5.73. The van der Waals surface area contributed by atoms with Crippen LogP contribution in [0, 0.1) is 0 Å². The molecule has 2 nitrogen and oxygen atoms in total. The van der Waals surface area contributed by atoms with Crippen molar-refractivity contribution in [2.75, 3.05) is 20.1 Å². The number of nitrogens with zero attached hydrogens (tertiary/aromatic N) is 1. The van der Waals surface area contributed by atoms with Gasteiger partial charge >= 0.3 is 0 Å². The molecule has 1 unspecified atom stereocenters. The second-order valence-corrected chi connectivity index (χ2v) is 5.73. The van der Waals surface area contributed by atoms with Crippen molar-refractivity contribution in [1.82, 2.24) is 10.2 Å². The highest BCUT2D eigenvalue weighted by molar-refractivity contribution is 5.19. The first-order valence-corrected chi connectivity index (χ1v) is 7.80. The number of likely N-dealkylation sites (N-methyl/N-ethyl adjacent to an activating group) is 1. The number of hydrogen-bond donors (Lipinski definition) is 1. The summed E-state index contributed by atoms with van der Waals surface area (Å²) >= 11 is 0. The van der Waals surface area contributed by atoms with Gasteiger partial charge in [0.2, 0.25) is 0 Å². The highest BCUT2D eigenvalue weighted by atomic mass is 15.2. The van der Waals surface area contributed by atoms with Crippen LogP contribution in [-0.4, -0.2) is 31.1 Å². The summed E-state index contributed by atoms with van der Waals surface area (Å²) in [7, 11) is 2.31. The van der Waals surface area contributed by atoms with Gasteiger partial charge in [0, 0.05) is 18.6 Å². The fourth-order valence-corrected chi connectivity index (χ4v) is 3.15. The smallest absolute Gasteiger partial charge is 0.0472 e. The van der Waals surface area contributed by atoms with Gasteiger partial charge in [-0.05, 0) is 38.4 Å². The molecule has 106 valence electrons. The van der Waals surface area contributed by atoms with E-state index in [2.05, 4.69) is 54.5 Å². The molecule has 1 fully saturated rings. The molecule has 0 bridgehead atoms. The minimum atomic E-state index is 0.510. The molecule has 0 aliphatic heterocycles. The quantitative estimate of drug-likeness (QED) is 0.754. The van der Waals surface area contributed by atoms with Crippen molar-refractivity contribution >= 4 is 0 Å². The summed E-state index contributed by atoms with van der Waals surface area (Å²) < 4.78 is 0. The first-order valence-electron chi connectivity index (χ1n) is 7.80. The highest BCUT2D eigenvalue weighted by Gasteiger charge is 2.26. The Morgan fingerprint density at radius 3 is 2.53 bits per heavy atom. The summed E-state index contributed by atoms with van der Waals surface area (Å²) in [5, 5.41) is 3.60. The van der Waals surface area contributed by atoms with Gasteiger partial charge in [0.1, 0.15) is 0 Å². The van der Waals surface area contributed by atoms with Crippen molar-refractivity contribution in [2.45, 2.75) is 51.1 Å². The molecule has 0 aromatic heterocycles. The number of nitrogens with one attached hydrogen (secondary N) is 1. The van der Waals surface area contributed by atoms with E-state index in [0.717, 1.165) is 19.1 Å². The van der Waals surface area contributed by atoms with Crippen LogP contribution in [0.1, 0.15) is 50.6 Å². The standard InChI is InChI=1S/C17H28N2/c1-3-13-18-14-17(15-9-5-4-6-10-15)19(2)16-11-7-8-12-16/h4-6,9-10,16-18H,3,7-8,11-14H2,1-2H3. The molecule has 0 saturated heterocycles. The maximum atomic E-state index is 3.60. The third-order valence-corrected chi connectivity index (χ3v) is 4.34. The average molecular weight is 260 g/mol. The lowest BCUT2D eigenvalue weighted by Gasteiger charge is -2.33. The van der Waals surface area contributed by atoms with Gasteiger partial charge in [-0.2, -0.15) is 0 Å². The molecule has 2 heteroatoms. The molecule has 1 aromatic carbocycles. The predicted octanol–water partition coefficient (Wildman–Crippen LogP) is 3.60. The van der Waals surface area contributed by atoms with Gasteiger partial charge < -0.3 is 5.32 Å². The van der Waals surface area contributed by atoms with Crippen LogP contribution < -0.4 is 5.32 Å². The van der Waals surface area contributed by atoms with Crippen LogP contribution in [0.2, 0.25) is 0 Å². The Morgan fingerprint density at radius 1 is 1.21 bits per heavy atom. The third-order valence-electron chi connectivity index (χ3n) is 4.34. The predicted molar refractivity (Wildman–Crippen MR) is 82.4 cm³/mol. The molecule has 1 aliphatic rings. The van der Waals surface area contributed by atoms with Gasteiger partial charge in [0.25, 0.3) is 0 Å². The average Bonchev–Trinajstić information content (AvgIpc) is 2.98. The van der Waals surface area contributed by atoms with Crippen LogP contribution in [0.25, 0.3) is 0 Å². The van der Waals surface area contributed by atoms with E-state index in [4.69, 9.17) is 0 Å². The molecule has 1 aromatic rings. The summed E-state index contributed by atoms with van der Waals surface area (Å²) in [6.07, 6.45) is 6.74. The van der Waals surface area contributed by atoms with E-state index in [0.29, 0.717) is 6.04 Å². The maximum absolute atomic E-state index is 3.60. The van der Waals surface area contributed by atoms with Crippen molar-refractivity contribution in [2.24, 2.45) is 0 Å². The van der Waals surface area contributed by atoms with E-state index in [1.165, 1.54) is 37.7 Å². The third kappa shape index (κ3) is 4.05. The topological polar surface area (TPSA) is 15.3 Å². The Hall–Kier alpha value is -0.860. The van der Waals surface area contributed by atoms with E-state index in [-0.39, 0.29) is 0 Å².